The Hall–Kier alpha value is -2.11. The number of nitrogens with zero attached hydrogens (tertiary/aromatic N) is 5. The highest BCUT2D eigenvalue weighted by Crippen LogP contribution is 2.23. The standard InChI is InChI=1S/C15H21N5O/c1-12-8-17-20(9-12)14-4-3-6-18(10-14)15(21)13(2)19-7-5-16-11-19/h5,7-9,11,13-14H,3-4,6,10H2,1-2H3/t13-,14+/m1/s1. The highest BCUT2D eigenvalue weighted by Gasteiger charge is 2.28. The molecular weight excluding hydrogens is 266 g/mol. The SMILES string of the molecule is Cc1cnn([C@H]2CCCN(C(=O)[C@@H](C)n3ccnc3)C2)c1. The summed E-state index contributed by atoms with van der Waals surface area (Å²) >= 11 is 0. The van der Waals surface area contributed by atoms with Crippen molar-refractivity contribution in [2.75, 3.05) is 13.1 Å². The molecule has 1 aliphatic rings. The third kappa shape index (κ3) is 2.84. The zero-order valence-corrected chi connectivity index (χ0v) is 12.5. The van der Waals surface area contributed by atoms with Crippen molar-refractivity contribution in [1.82, 2.24) is 24.2 Å². The number of hydrogen-bond acceptors (Lipinski definition) is 3. The van der Waals surface area contributed by atoms with E-state index in [1.54, 1.807) is 12.5 Å². The zero-order valence-electron chi connectivity index (χ0n) is 12.5. The first-order valence-electron chi connectivity index (χ1n) is 7.42. The van der Waals surface area contributed by atoms with Gasteiger partial charge in [-0.2, -0.15) is 5.10 Å². The minimum atomic E-state index is -0.203. The van der Waals surface area contributed by atoms with Crippen LogP contribution in [0.3, 0.4) is 0 Å². The van der Waals surface area contributed by atoms with E-state index >= 15 is 0 Å². The van der Waals surface area contributed by atoms with Crippen molar-refractivity contribution in [2.24, 2.45) is 0 Å². The molecule has 2 atom stereocenters. The molecule has 1 fully saturated rings. The van der Waals surface area contributed by atoms with Crippen molar-refractivity contribution >= 4 is 5.91 Å². The first-order chi connectivity index (χ1) is 10.1. The summed E-state index contributed by atoms with van der Waals surface area (Å²) in [6, 6.07) is 0.0806. The van der Waals surface area contributed by atoms with E-state index in [1.165, 1.54) is 0 Å². The number of carbonyl (C=O) groups excluding carboxylic acids is 1. The zero-order chi connectivity index (χ0) is 14.8. The molecule has 6 heteroatoms. The molecule has 0 N–H and O–H groups in total. The van der Waals surface area contributed by atoms with E-state index in [-0.39, 0.29) is 18.0 Å². The van der Waals surface area contributed by atoms with Crippen LogP contribution in [0.4, 0.5) is 0 Å². The van der Waals surface area contributed by atoms with Crippen LogP contribution in [0, 0.1) is 6.92 Å². The van der Waals surface area contributed by atoms with E-state index in [1.807, 2.05) is 40.4 Å². The van der Waals surface area contributed by atoms with Crippen molar-refractivity contribution in [3.63, 3.8) is 0 Å². The molecule has 1 amide bonds. The maximum Gasteiger partial charge on any atom is 0.245 e. The van der Waals surface area contributed by atoms with Gasteiger partial charge in [0, 0.05) is 31.7 Å². The van der Waals surface area contributed by atoms with Gasteiger partial charge in [0.05, 0.1) is 18.6 Å². The van der Waals surface area contributed by atoms with Gasteiger partial charge in [-0.3, -0.25) is 9.48 Å². The lowest BCUT2D eigenvalue weighted by molar-refractivity contribution is -0.136. The summed E-state index contributed by atoms with van der Waals surface area (Å²) in [5.41, 5.74) is 1.16. The topological polar surface area (TPSA) is 56.0 Å². The fourth-order valence-electron chi connectivity index (χ4n) is 2.89. The van der Waals surface area contributed by atoms with Crippen molar-refractivity contribution < 1.29 is 4.79 Å². The van der Waals surface area contributed by atoms with Gasteiger partial charge in [-0.05, 0) is 32.3 Å². The first-order valence-corrected chi connectivity index (χ1v) is 7.42. The number of piperidine rings is 1. The van der Waals surface area contributed by atoms with E-state index in [9.17, 15) is 4.79 Å². The molecule has 3 rings (SSSR count). The lowest BCUT2D eigenvalue weighted by Crippen LogP contribution is -2.43. The number of carbonyl (C=O) groups is 1. The van der Waals surface area contributed by atoms with Crippen LogP contribution in [0.15, 0.2) is 31.1 Å². The monoisotopic (exact) mass is 287 g/mol. The molecule has 0 spiro atoms. The van der Waals surface area contributed by atoms with Gasteiger partial charge in [-0.25, -0.2) is 4.98 Å². The second-order valence-corrected chi connectivity index (χ2v) is 5.76. The quantitative estimate of drug-likeness (QED) is 0.865. The van der Waals surface area contributed by atoms with Crippen molar-refractivity contribution in [3.8, 4) is 0 Å². The molecule has 1 saturated heterocycles. The van der Waals surface area contributed by atoms with Gasteiger partial charge >= 0.3 is 0 Å². The van der Waals surface area contributed by atoms with E-state index in [0.717, 1.165) is 31.5 Å². The maximum absolute atomic E-state index is 12.6. The van der Waals surface area contributed by atoms with Crippen molar-refractivity contribution in [2.45, 2.75) is 38.8 Å². The third-order valence-electron chi connectivity index (χ3n) is 4.14. The Balaban J connectivity index is 1.69. The minimum Gasteiger partial charge on any atom is -0.339 e. The van der Waals surface area contributed by atoms with E-state index < -0.39 is 0 Å². The van der Waals surface area contributed by atoms with E-state index in [4.69, 9.17) is 0 Å². The Kier molecular flexibility index (Phi) is 3.77. The largest absolute Gasteiger partial charge is 0.339 e. The smallest absolute Gasteiger partial charge is 0.245 e. The molecule has 3 heterocycles. The van der Waals surface area contributed by atoms with Gasteiger partial charge in [0.25, 0.3) is 0 Å². The Morgan fingerprint density at radius 2 is 2.33 bits per heavy atom. The predicted octanol–water partition coefficient (Wildman–Crippen LogP) is 1.81. The van der Waals surface area contributed by atoms with E-state index in [0.29, 0.717) is 0 Å². The highest BCUT2D eigenvalue weighted by atomic mass is 16.2. The normalized spacial score (nSPS) is 20.5. The van der Waals surface area contributed by atoms with Crippen LogP contribution >= 0.6 is 0 Å². The maximum atomic E-state index is 12.6. The number of amides is 1. The summed E-state index contributed by atoms with van der Waals surface area (Å²) in [4.78, 5) is 18.6. The van der Waals surface area contributed by atoms with Gasteiger partial charge < -0.3 is 9.47 Å². The van der Waals surface area contributed by atoms with Crippen LogP contribution in [0.5, 0.6) is 0 Å². The summed E-state index contributed by atoms with van der Waals surface area (Å²) < 4.78 is 3.85. The molecule has 0 saturated carbocycles. The summed E-state index contributed by atoms with van der Waals surface area (Å²) in [6.45, 7) is 5.52. The first kappa shape index (κ1) is 13.9. The molecule has 112 valence electrons. The second-order valence-electron chi connectivity index (χ2n) is 5.76. The molecular formula is C15H21N5O. The number of likely N-dealkylation sites (tertiary alicyclic amines) is 1. The Bertz CT molecular complexity index is 603. The van der Waals surface area contributed by atoms with Gasteiger partial charge in [0.2, 0.25) is 5.91 Å². The summed E-state index contributed by atoms with van der Waals surface area (Å²) in [7, 11) is 0. The number of aryl methyl sites for hydroxylation is 1. The molecule has 6 nitrogen and oxygen atoms in total. The number of imidazole rings is 1. The number of rotatable bonds is 3. The van der Waals surface area contributed by atoms with Gasteiger partial charge in [-0.15, -0.1) is 0 Å². The third-order valence-corrected chi connectivity index (χ3v) is 4.14. The predicted molar refractivity (Wildman–Crippen MR) is 78.8 cm³/mol. The second kappa shape index (κ2) is 5.71. The molecule has 0 aliphatic carbocycles. The van der Waals surface area contributed by atoms with E-state index in [2.05, 4.69) is 16.3 Å². The summed E-state index contributed by atoms with van der Waals surface area (Å²) in [6.07, 6.45) is 11.3. The molecule has 0 unspecified atom stereocenters. The van der Waals surface area contributed by atoms with Crippen molar-refractivity contribution in [1.29, 1.82) is 0 Å². The molecule has 21 heavy (non-hydrogen) atoms. The molecule has 2 aromatic heterocycles. The summed E-state index contributed by atoms with van der Waals surface area (Å²) in [5.74, 6) is 0.154. The lowest BCUT2D eigenvalue weighted by atomic mass is 10.0. The fourth-order valence-corrected chi connectivity index (χ4v) is 2.89. The molecule has 2 aromatic rings. The van der Waals surface area contributed by atoms with Crippen LogP contribution in [-0.4, -0.2) is 43.2 Å². The minimum absolute atomic E-state index is 0.154. The van der Waals surface area contributed by atoms with Crippen LogP contribution < -0.4 is 0 Å². The van der Waals surface area contributed by atoms with Crippen molar-refractivity contribution in [3.05, 3.63) is 36.7 Å². The van der Waals surface area contributed by atoms with Gasteiger partial charge in [0.15, 0.2) is 0 Å². The Morgan fingerprint density at radius 3 is 3.00 bits per heavy atom. The molecule has 1 aliphatic heterocycles. The van der Waals surface area contributed by atoms with Crippen LogP contribution in [0.2, 0.25) is 0 Å². The number of hydrogen-bond donors (Lipinski definition) is 0. The van der Waals surface area contributed by atoms with Crippen LogP contribution in [0.25, 0.3) is 0 Å². The molecule has 0 aromatic carbocycles. The Morgan fingerprint density at radius 1 is 1.48 bits per heavy atom. The van der Waals surface area contributed by atoms with Gasteiger partial charge in [-0.1, -0.05) is 0 Å². The number of aromatic nitrogens is 4. The van der Waals surface area contributed by atoms with Crippen LogP contribution in [0.1, 0.15) is 37.4 Å². The fraction of sp³-hybridized carbons (Fsp3) is 0.533. The average molecular weight is 287 g/mol. The highest BCUT2D eigenvalue weighted by molar-refractivity contribution is 5.80. The average Bonchev–Trinajstić information content (AvgIpc) is 3.17. The van der Waals surface area contributed by atoms with Crippen LogP contribution in [-0.2, 0) is 4.79 Å². The Labute approximate surface area is 124 Å². The lowest BCUT2D eigenvalue weighted by Gasteiger charge is -2.34. The summed E-state index contributed by atoms with van der Waals surface area (Å²) in [5, 5.41) is 4.39. The molecule has 0 bridgehead atoms. The van der Waals surface area contributed by atoms with Gasteiger partial charge in [0.1, 0.15) is 6.04 Å². The molecule has 0 radical (unpaired) electrons.